The Morgan fingerprint density at radius 1 is 1.47 bits per heavy atom. The van der Waals surface area contributed by atoms with Crippen LogP contribution in [0.4, 0.5) is 0 Å². The molecular formula is C11H13ClN2O2S. The van der Waals surface area contributed by atoms with Crippen LogP contribution in [0.15, 0.2) is 23.4 Å². The van der Waals surface area contributed by atoms with Crippen LogP contribution in [0.3, 0.4) is 0 Å². The molecule has 2 rings (SSSR count). The maximum absolute atomic E-state index is 11.6. The topological polar surface area (TPSA) is 51.4 Å². The molecule has 4 nitrogen and oxygen atoms in total. The van der Waals surface area contributed by atoms with Gasteiger partial charge in [-0.05, 0) is 25.0 Å². The predicted octanol–water partition coefficient (Wildman–Crippen LogP) is 2.52. The van der Waals surface area contributed by atoms with Gasteiger partial charge >= 0.3 is 0 Å². The van der Waals surface area contributed by atoms with Crippen molar-refractivity contribution in [3.63, 3.8) is 0 Å². The van der Waals surface area contributed by atoms with Gasteiger partial charge in [-0.2, -0.15) is 0 Å². The van der Waals surface area contributed by atoms with Crippen molar-refractivity contribution in [2.75, 3.05) is 0 Å². The molecule has 6 heteroatoms. The largest absolute Gasteiger partial charge is 0.289 e. The zero-order valence-electron chi connectivity index (χ0n) is 9.64. The second-order valence-electron chi connectivity index (χ2n) is 3.94. The Kier molecular flexibility index (Phi) is 3.14. The normalized spacial score (nSPS) is 12.2. The fourth-order valence-corrected chi connectivity index (χ4v) is 3.19. The van der Waals surface area contributed by atoms with Crippen LogP contribution in [-0.4, -0.2) is 17.8 Å². The van der Waals surface area contributed by atoms with Crippen molar-refractivity contribution in [1.29, 1.82) is 0 Å². The number of hydrogen-bond acceptors (Lipinski definition) is 3. The van der Waals surface area contributed by atoms with Crippen LogP contribution in [0.25, 0.3) is 5.65 Å². The minimum absolute atomic E-state index is 0.0970. The summed E-state index contributed by atoms with van der Waals surface area (Å²) in [5, 5.41) is 0.0970. The van der Waals surface area contributed by atoms with Gasteiger partial charge in [-0.25, -0.2) is 13.4 Å². The molecule has 92 valence electrons. The minimum atomic E-state index is -3.78. The van der Waals surface area contributed by atoms with E-state index in [1.807, 2.05) is 19.9 Å². The van der Waals surface area contributed by atoms with Gasteiger partial charge in [0.15, 0.2) is 5.03 Å². The summed E-state index contributed by atoms with van der Waals surface area (Å²) in [7, 11) is 1.70. The second-order valence-corrected chi connectivity index (χ2v) is 6.42. The lowest BCUT2D eigenvalue weighted by Gasteiger charge is -2.00. The lowest BCUT2D eigenvalue weighted by atomic mass is 10.3. The molecule has 0 bridgehead atoms. The standard InChI is InChI=1S/C11H13ClN2O2S/c1-3-5-9-11(17(12,15)16)14-7-4-6-8(2)10(14)13-9/h4,6-7H,3,5H2,1-2H3. The number of aromatic nitrogens is 2. The van der Waals surface area contributed by atoms with Crippen molar-refractivity contribution in [3.05, 3.63) is 29.6 Å². The van der Waals surface area contributed by atoms with Gasteiger partial charge in [0.25, 0.3) is 9.05 Å². The highest BCUT2D eigenvalue weighted by Gasteiger charge is 2.22. The number of nitrogens with zero attached hydrogens (tertiary/aromatic N) is 2. The first-order valence-corrected chi connectivity index (χ1v) is 7.67. The average Bonchev–Trinajstić information content (AvgIpc) is 2.57. The molecule has 0 aliphatic carbocycles. The van der Waals surface area contributed by atoms with E-state index in [1.165, 1.54) is 0 Å². The van der Waals surface area contributed by atoms with Gasteiger partial charge < -0.3 is 0 Å². The highest BCUT2D eigenvalue weighted by molar-refractivity contribution is 8.13. The van der Waals surface area contributed by atoms with Crippen LogP contribution in [0.5, 0.6) is 0 Å². The molecule has 0 aliphatic heterocycles. The molecule has 0 saturated heterocycles. The van der Waals surface area contributed by atoms with Gasteiger partial charge in [-0.15, -0.1) is 0 Å². The first-order chi connectivity index (χ1) is 7.95. The maximum Gasteiger partial charge on any atom is 0.279 e. The summed E-state index contributed by atoms with van der Waals surface area (Å²) in [6, 6.07) is 3.67. The summed E-state index contributed by atoms with van der Waals surface area (Å²) in [4.78, 5) is 4.37. The fourth-order valence-electron chi connectivity index (χ4n) is 1.89. The molecule has 2 aromatic heterocycles. The number of pyridine rings is 1. The molecule has 0 amide bonds. The molecule has 0 spiro atoms. The third-order valence-electron chi connectivity index (χ3n) is 2.59. The van der Waals surface area contributed by atoms with Crippen molar-refractivity contribution in [1.82, 2.24) is 9.38 Å². The number of halogens is 1. The molecular weight excluding hydrogens is 260 g/mol. The van der Waals surface area contributed by atoms with Crippen LogP contribution in [-0.2, 0) is 15.5 Å². The third-order valence-corrected chi connectivity index (χ3v) is 3.92. The fraction of sp³-hybridized carbons (Fsp3) is 0.364. The molecule has 2 heterocycles. The number of hydrogen-bond donors (Lipinski definition) is 0. The molecule has 0 radical (unpaired) electrons. The molecule has 17 heavy (non-hydrogen) atoms. The van der Waals surface area contributed by atoms with Gasteiger partial charge in [0.1, 0.15) is 5.65 Å². The molecule has 0 fully saturated rings. The van der Waals surface area contributed by atoms with Gasteiger partial charge in [-0.1, -0.05) is 19.4 Å². The predicted molar refractivity (Wildman–Crippen MR) is 67.0 cm³/mol. The van der Waals surface area contributed by atoms with E-state index in [4.69, 9.17) is 10.7 Å². The van der Waals surface area contributed by atoms with Crippen molar-refractivity contribution in [3.8, 4) is 0 Å². The monoisotopic (exact) mass is 272 g/mol. The molecule has 0 aromatic carbocycles. The maximum atomic E-state index is 11.6. The smallest absolute Gasteiger partial charge is 0.279 e. The van der Waals surface area contributed by atoms with Crippen LogP contribution < -0.4 is 0 Å². The first-order valence-electron chi connectivity index (χ1n) is 5.36. The summed E-state index contributed by atoms with van der Waals surface area (Å²) in [6.07, 6.45) is 3.09. The molecule has 0 N–H and O–H groups in total. The quantitative estimate of drug-likeness (QED) is 0.807. The second kappa shape index (κ2) is 4.31. The number of fused-ring (bicyclic) bond motifs is 1. The number of aryl methyl sites for hydroxylation is 2. The molecule has 0 atom stereocenters. The van der Waals surface area contributed by atoms with E-state index in [2.05, 4.69) is 4.98 Å². The number of imidazole rings is 1. The van der Waals surface area contributed by atoms with Gasteiger partial charge in [0.05, 0.1) is 5.69 Å². The van der Waals surface area contributed by atoms with E-state index in [-0.39, 0.29) is 5.03 Å². The zero-order valence-corrected chi connectivity index (χ0v) is 11.2. The van der Waals surface area contributed by atoms with Crippen molar-refractivity contribution in [2.24, 2.45) is 0 Å². The van der Waals surface area contributed by atoms with E-state index in [0.717, 1.165) is 12.0 Å². The summed E-state index contributed by atoms with van der Waals surface area (Å²) < 4.78 is 24.8. The van der Waals surface area contributed by atoms with Crippen molar-refractivity contribution in [2.45, 2.75) is 31.7 Å². The molecule has 2 aromatic rings. The van der Waals surface area contributed by atoms with Crippen molar-refractivity contribution < 1.29 is 8.42 Å². The zero-order chi connectivity index (χ0) is 12.6. The van der Waals surface area contributed by atoms with E-state index >= 15 is 0 Å². The van der Waals surface area contributed by atoms with E-state index in [0.29, 0.717) is 17.8 Å². The van der Waals surface area contributed by atoms with E-state index < -0.39 is 9.05 Å². The van der Waals surface area contributed by atoms with Gasteiger partial charge in [-0.3, -0.25) is 4.40 Å². The Labute approximate surface area is 105 Å². The Hall–Kier alpha value is -1.07. The molecule has 0 saturated carbocycles. The molecule has 0 aliphatic rings. The minimum Gasteiger partial charge on any atom is -0.289 e. The van der Waals surface area contributed by atoms with Gasteiger partial charge in [0.2, 0.25) is 0 Å². The van der Waals surface area contributed by atoms with Crippen LogP contribution in [0, 0.1) is 6.92 Å². The Morgan fingerprint density at radius 2 is 2.18 bits per heavy atom. The average molecular weight is 273 g/mol. The lowest BCUT2D eigenvalue weighted by Crippen LogP contribution is -2.01. The van der Waals surface area contributed by atoms with Crippen molar-refractivity contribution >= 4 is 25.4 Å². The summed E-state index contributed by atoms with van der Waals surface area (Å²) in [6.45, 7) is 3.87. The Bertz CT molecular complexity index is 661. The van der Waals surface area contributed by atoms with Gasteiger partial charge in [0, 0.05) is 16.9 Å². The molecule has 0 unspecified atom stereocenters. The van der Waals surface area contributed by atoms with Crippen LogP contribution >= 0.6 is 10.7 Å². The highest BCUT2D eigenvalue weighted by atomic mass is 35.7. The van der Waals surface area contributed by atoms with E-state index in [9.17, 15) is 8.42 Å². The number of rotatable bonds is 3. The van der Waals surface area contributed by atoms with Crippen LogP contribution in [0.2, 0.25) is 0 Å². The SMILES string of the molecule is CCCc1nc2c(C)cccn2c1S(=O)(=O)Cl. The summed E-state index contributed by atoms with van der Waals surface area (Å²) >= 11 is 0. The lowest BCUT2D eigenvalue weighted by molar-refractivity contribution is 0.603. The first kappa shape index (κ1) is 12.4. The third kappa shape index (κ3) is 2.17. The van der Waals surface area contributed by atoms with E-state index in [1.54, 1.807) is 16.7 Å². The summed E-state index contributed by atoms with van der Waals surface area (Å²) in [5.41, 5.74) is 2.11. The van der Waals surface area contributed by atoms with Crippen LogP contribution in [0.1, 0.15) is 24.6 Å². The summed E-state index contributed by atoms with van der Waals surface area (Å²) in [5.74, 6) is 0. The Morgan fingerprint density at radius 3 is 2.76 bits per heavy atom. The highest BCUT2D eigenvalue weighted by Crippen LogP contribution is 2.24. The Balaban J connectivity index is 2.86.